The predicted molar refractivity (Wildman–Crippen MR) is 273 cm³/mol. The van der Waals surface area contributed by atoms with Gasteiger partial charge in [-0.3, -0.25) is 9.97 Å². The number of nitrogens with zero attached hydrogens (tertiary/aromatic N) is 6. The fourth-order valence-electron chi connectivity index (χ4n) is 11.8. The van der Waals surface area contributed by atoms with Crippen LogP contribution in [0.4, 0.5) is 5.69 Å². The van der Waals surface area contributed by atoms with Gasteiger partial charge in [0.05, 0.1) is 62.2 Å². The summed E-state index contributed by atoms with van der Waals surface area (Å²) in [7, 11) is 0. The zero-order chi connectivity index (χ0) is 44.0. The highest BCUT2D eigenvalue weighted by Crippen LogP contribution is 2.63. The minimum Gasteiger partial charge on any atom is -0.309 e. The molecule has 1 aliphatic carbocycles. The van der Waals surface area contributed by atoms with E-state index in [2.05, 4.69) is 201 Å². The highest BCUT2D eigenvalue weighted by atomic mass is 32.2. The van der Waals surface area contributed by atoms with E-state index in [0.29, 0.717) is 5.69 Å². The first-order valence-corrected chi connectivity index (χ1v) is 23.3. The number of benzene rings is 8. The summed E-state index contributed by atoms with van der Waals surface area (Å²) in [5.74, 6) is 0. The van der Waals surface area contributed by atoms with E-state index >= 15 is 0 Å². The number of aromatic nitrogens is 5. The van der Waals surface area contributed by atoms with Gasteiger partial charge in [-0.25, -0.2) is 4.85 Å². The number of fused-ring (bicyclic) bond motifs is 18. The Hall–Kier alpha value is -8.70. The molecule has 310 valence electrons. The van der Waals surface area contributed by atoms with Crippen molar-refractivity contribution in [2.75, 3.05) is 0 Å². The molecule has 1 aliphatic heterocycles. The lowest BCUT2D eigenvalue weighted by Gasteiger charge is -2.41. The lowest BCUT2D eigenvalue weighted by atomic mass is 9.67. The topological polar surface area (TPSA) is 44.9 Å². The summed E-state index contributed by atoms with van der Waals surface area (Å²) in [5, 5.41) is 7.10. The Bertz CT molecular complexity index is 4250. The SMILES string of the molecule is [C-]#[N+]c1ccc2c(c1)c1ccccc1n2-c1cccc2c1C1(c3ccc(-n4c5ccccc5c5cc(-n6c7ccccc7c7ccccc76)ccc54)cc3S2)c2cccnc2-c2ncccc21. The fraction of sp³-hybridized carbons (Fsp3) is 0.0167. The molecule has 0 atom stereocenters. The predicted octanol–water partition coefficient (Wildman–Crippen LogP) is 15.1. The van der Waals surface area contributed by atoms with Crippen LogP contribution < -0.4 is 0 Å². The lowest BCUT2D eigenvalue weighted by Crippen LogP contribution is -2.33. The molecule has 2 aliphatic rings. The van der Waals surface area contributed by atoms with E-state index in [0.717, 1.165) is 72.4 Å². The second-order valence-electron chi connectivity index (χ2n) is 17.6. The third kappa shape index (κ3) is 4.74. The molecule has 1 spiro atoms. The molecule has 0 amide bonds. The molecule has 0 N–H and O–H groups in total. The van der Waals surface area contributed by atoms with Crippen LogP contribution in [0, 0.1) is 6.57 Å². The average molecular weight is 871 g/mol. The zero-order valence-electron chi connectivity index (χ0n) is 35.7. The van der Waals surface area contributed by atoms with Crippen LogP contribution in [0.25, 0.3) is 98.7 Å². The van der Waals surface area contributed by atoms with E-state index < -0.39 is 5.41 Å². The van der Waals surface area contributed by atoms with Crippen molar-refractivity contribution in [1.82, 2.24) is 23.7 Å². The van der Waals surface area contributed by atoms with Crippen LogP contribution in [0.3, 0.4) is 0 Å². The maximum atomic E-state index is 7.86. The third-order valence-electron chi connectivity index (χ3n) is 14.4. The summed E-state index contributed by atoms with van der Waals surface area (Å²) in [4.78, 5) is 16.4. The molecular weight excluding hydrogens is 837 g/mol. The number of pyridine rings is 2. The average Bonchev–Trinajstić information content (AvgIpc) is 4.10. The smallest absolute Gasteiger partial charge is 0.188 e. The van der Waals surface area contributed by atoms with Crippen LogP contribution in [-0.4, -0.2) is 23.7 Å². The standard InChI is InChI=1S/C60H34N6S/c1-61-36-25-29-53-43(33-36)41-15-5-9-22-51(41)66(53)54-23-10-24-55-57(54)60(46-17-11-31-62-58(46)59-47(60)18-12-32-63-59)45-28-26-38(35-56(45)67-55)65-50-21-8-4-16-42(50)44-34-37(27-30-52(44)65)64-48-19-6-2-13-39(48)40-14-3-7-20-49(40)64/h2-35H. The van der Waals surface area contributed by atoms with Gasteiger partial charge in [0, 0.05) is 66.1 Å². The quantitative estimate of drug-likeness (QED) is 0.166. The van der Waals surface area contributed by atoms with Crippen LogP contribution in [-0.2, 0) is 5.41 Å². The molecule has 0 fully saturated rings. The molecule has 6 heterocycles. The Kier molecular flexibility index (Phi) is 7.34. The molecule has 0 unspecified atom stereocenters. The largest absolute Gasteiger partial charge is 0.309 e. The van der Waals surface area contributed by atoms with Gasteiger partial charge < -0.3 is 13.7 Å². The second-order valence-corrected chi connectivity index (χ2v) is 18.7. The van der Waals surface area contributed by atoms with Crippen LogP contribution in [0.5, 0.6) is 0 Å². The summed E-state index contributed by atoms with van der Waals surface area (Å²) in [6, 6.07) is 70.3. The van der Waals surface area contributed by atoms with E-state index in [1.165, 1.54) is 53.5 Å². The molecule has 0 bridgehead atoms. The first kappa shape index (κ1) is 36.6. The van der Waals surface area contributed by atoms with E-state index in [4.69, 9.17) is 16.5 Å². The lowest BCUT2D eigenvalue weighted by molar-refractivity contribution is 0.712. The summed E-state index contributed by atoms with van der Waals surface area (Å²) in [5.41, 5.74) is 16.5. The second kappa shape index (κ2) is 13.4. The van der Waals surface area contributed by atoms with Crippen LogP contribution >= 0.6 is 11.8 Å². The molecule has 0 radical (unpaired) electrons. The molecule has 0 saturated carbocycles. The molecule has 13 aromatic rings. The van der Waals surface area contributed by atoms with Gasteiger partial charge in [0.15, 0.2) is 5.69 Å². The highest BCUT2D eigenvalue weighted by Gasteiger charge is 2.53. The normalized spacial score (nSPS) is 13.4. The summed E-state index contributed by atoms with van der Waals surface area (Å²) >= 11 is 1.84. The van der Waals surface area contributed by atoms with Crippen LogP contribution in [0.2, 0.25) is 0 Å². The van der Waals surface area contributed by atoms with Gasteiger partial charge in [-0.2, -0.15) is 0 Å². The molecule has 67 heavy (non-hydrogen) atoms. The number of para-hydroxylation sites is 4. The fourth-order valence-corrected chi connectivity index (χ4v) is 13.1. The van der Waals surface area contributed by atoms with E-state index in [1.54, 1.807) is 0 Å². The maximum Gasteiger partial charge on any atom is 0.188 e. The summed E-state index contributed by atoms with van der Waals surface area (Å²) in [6.45, 7) is 7.86. The maximum absolute atomic E-state index is 7.86. The van der Waals surface area contributed by atoms with Crippen molar-refractivity contribution >= 4 is 82.9 Å². The van der Waals surface area contributed by atoms with E-state index in [9.17, 15) is 0 Å². The van der Waals surface area contributed by atoms with E-state index in [1.807, 2.05) is 36.3 Å². The molecule has 15 rings (SSSR count). The molecule has 8 aromatic carbocycles. The Morgan fingerprint density at radius 3 is 1.54 bits per heavy atom. The van der Waals surface area contributed by atoms with Crippen molar-refractivity contribution in [2.45, 2.75) is 15.2 Å². The van der Waals surface area contributed by atoms with Gasteiger partial charge in [0.25, 0.3) is 0 Å². The van der Waals surface area contributed by atoms with Gasteiger partial charge >= 0.3 is 0 Å². The van der Waals surface area contributed by atoms with Gasteiger partial charge in [-0.1, -0.05) is 115 Å². The zero-order valence-corrected chi connectivity index (χ0v) is 36.5. The summed E-state index contributed by atoms with van der Waals surface area (Å²) in [6.07, 6.45) is 3.78. The molecular formula is C60H34N6S. The number of hydrogen-bond acceptors (Lipinski definition) is 3. The number of hydrogen-bond donors (Lipinski definition) is 0. The van der Waals surface area contributed by atoms with Crippen LogP contribution in [0.15, 0.2) is 216 Å². The van der Waals surface area contributed by atoms with Gasteiger partial charge in [0.1, 0.15) is 0 Å². The summed E-state index contributed by atoms with van der Waals surface area (Å²) < 4.78 is 7.26. The first-order valence-electron chi connectivity index (χ1n) is 22.5. The molecule has 6 nitrogen and oxygen atoms in total. The van der Waals surface area contributed by atoms with Gasteiger partial charge in [0.2, 0.25) is 0 Å². The Labute approximate surface area is 388 Å². The Morgan fingerprint density at radius 1 is 0.403 bits per heavy atom. The highest BCUT2D eigenvalue weighted by molar-refractivity contribution is 7.99. The van der Waals surface area contributed by atoms with Gasteiger partial charge in [-0.05, 0) is 113 Å². The monoisotopic (exact) mass is 870 g/mol. The first-order chi connectivity index (χ1) is 33.2. The third-order valence-corrected chi connectivity index (χ3v) is 15.5. The van der Waals surface area contributed by atoms with Crippen molar-refractivity contribution in [1.29, 1.82) is 0 Å². The van der Waals surface area contributed by atoms with E-state index in [-0.39, 0.29) is 0 Å². The molecule has 0 saturated heterocycles. The molecule has 7 heteroatoms. The van der Waals surface area contributed by atoms with Crippen molar-refractivity contribution in [2.24, 2.45) is 0 Å². The van der Waals surface area contributed by atoms with Gasteiger partial charge in [-0.15, -0.1) is 0 Å². The Balaban J connectivity index is 0.988. The Morgan fingerprint density at radius 2 is 0.910 bits per heavy atom. The van der Waals surface area contributed by atoms with Crippen molar-refractivity contribution in [3.8, 4) is 28.5 Å². The minimum atomic E-state index is -0.746. The van der Waals surface area contributed by atoms with Crippen molar-refractivity contribution in [3.63, 3.8) is 0 Å². The number of rotatable bonds is 3. The van der Waals surface area contributed by atoms with Crippen molar-refractivity contribution < 1.29 is 0 Å². The minimum absolute atomic E-state index is 0.630. The van der Waals surface area contributed by atoms with Crippen LogP contribution in [0.1, 0.15) is 22.3 Å². The molecule has 5 aromatic heterocycles. The van der Waals surface area contributed by atoms with Crippen molar-refractivity contribution in [3.05, 3.63) is 240 Å².